The monoisotopic (exact) mass is 442 g/mol. The minimum absolute atomic E-state index is 0.0143. The normalized spacial score (nSPS) is 17.5. The van der Waals surface area contributed by atoms with Crippen LogP contribution in [0.5, 0.6) is 5.75 Å². The van der Waals surface area contributed by atoms with Gasteiger partial charge < -0.3 is 9.84 Å². The van der Waals surface area contributed by atoms with Crippen LogP contribution in [-0.2, 0) is 9.59 Å². The van der Waals surface area contributed by atoms with E-state index in [0.29, 0.717) is 29.3 Å². The second-order valence-corrected chi connectivity index (χ2v) is 8.11. The minimum Gasteiger partial charge on any atom is -0.507 e. The van der Waals surface area contributed by atoms with Gasteiger partial charge in [0, 0.05) is 17.4 Å². The third-order valence-corrected chi connectivity index (χ3v) is 5.93. The summed E-state index contributed by atoms with van der Waals surface area (Å²) >= 11 is 0. The van der Waals surface area contributed by atoms with Crippen molar-refractivity contribution in [1.29, 1.82) is 0 Å². The molecule has 33 heavy (non-hydrogen) atoms. The average molecular weight is 443 g/mol. The van der Waals surface area contributed by atoms with E-state index in [1.54, 1.807) is 42.6 Å². The van der Waals surface area contributed by atoms with Crippen LogP contribution in [0.2, 0.25) is 0 Å². The number of aromatic nitrogens is 1. The number of benzene rings is 2. The van der Waals surface area contributed by atoms with Crippen LogP contribution in [0.3, 0.4) is 0 Å². The van der Waals surface area contributed by atoms with Crippen molar-refractivity contribution >= 4 is 23.1 Å². The maximum atomic E-state index is 13.2. The molecule has 2 heterocycles. The number of pyridine rings is 1. The maximum absolute atomic E-state index is 13.2. The SMILES string of the molecule is CCOc1ccc(/C(O)=C2\C(=O)C(=O)N(c3ccc(C)c(C)c3)C2c2ccccn2)cc1C. The van der Waals surface area contributed by atoms with Gasteiger partial charge in [-0.3, -0.25) is 19.5 Å². The van der Waals surface area contributed by atoms with E-state index in [9.17, 15) is 14.7 Å². The van der Waals surface area contributed by atoms with Crippen LogP contribution in [0, 0.1) is 20.8 Å². The molecule has 1 N–H and O–H groups in total. The molecule has 0 spiro atoms. The molecule has 6 nitrogen and oxygen atoms in total. The van der Waals surface area contributed by atoms with Crippen molar-refractivity contribution in [2.24, 2.45) is 0 Å². The van der Waals surface area contributed by atoms with Crippen LogP contribution in [0.25, 0.3) is 5.76 Å². The van der Waals surface area contributed by atoms with Gasteiger partial charge in [0.25, 0.3) is 11.7 Å². The molecule has 1 aliphatic heterocycles. The first-order chi connectivity index (χ1) is 15.8. The molecule has 0 saturated carbocycles. The molecule has 0 aliphatic carbocycles. The Balaban J connectivity index is 1.91. The summed E-state index contributed by atoms with van der Waals surface area (Å²) in [6.45, 7) is 8.22. The molecular formula is C27H26N2O4. The molecule has 1 saturated heterocycles. The fourth-order valence-corrected chi connectivity index (χ4v) is 4.06. The number of aliphatic hydroxyl groups excluding tert-OH is 1. The Kier molecular flexibility index (Phi) is 6.01. The van der Waals surface area contributed by atoms with Gasteiger partial charge in [-0.25, -0.2) is 0 Å². The lowest BCUT2D eigenvalue weighted by Crippen LogP contribution is -2.29. The molecule has 1 atom stereocenters. The zero-order chi connectivity index (χ0) is 23.7. The van der Waals surface area contributed by atoms with E-state index in [-0.39, 0.29) is 11.3 Å². The van der Waals surface area contributed by atoms with E-state index in [4.69, 9.17) is 4.74 Å². The van der Waals surface area contributed by atoms with Crippen molar-refractivity contribution in [3.05, 3.63) is 94.3 Å². The molecule has 6 heteroatoms. The van der Waals surface area contributed by atoms with Gasteiger partial charge in [-0.2, -0.15) is 0 Å². The Morgan fingerprint density at radius 1 is 1.00 bits per heavy atom. The maximum Gasteiger partial charge on any atom is 0.300 e. The lowest BCUT2D eigenvalue weighted by Gasteiger charge is -2.25. The third-order valence-electron chi connectivity index (χ3n) is 5.93. The average Bonchev–Trinajstić information content (AvgIpc) is 3.08. The summed E-state index contributed by atoms with van der Waals surface area (Å²) in [5.74, 6) is -0.974. The Labute approximate surface area is 193 Å². The molecule has 0 bridgehead atoms. The number of hydrogen-bond acceptors (Lipinski definition) is 5. The Bertz CT molecular complexity index is 1260. The molecule has 2 aromatic carbocycles. The topological polar surface area (TPSA) is 79.7 Å². The van der Waals surface area contributed by atoms with Gasteiger partial charge in [0.1, 0.15) is 17.6 Å². The number of hydrogen-bond donors (Lipinski definition) is 1. The zero-order valence-electron chi connectivity index (χ0n) is 19.1. The lowest BCUT2D eigenvalue weighted by atomic mass is 9.97. The van der Waals surface area contributed by atoms with E-state index >= 15 is 0 Å². The quantitative estimate of drug-likeness (QED) is 0.341. The summed E-state index contributed by atoms with van der Waals surface area (Å²) in [4.78, 5) is 32.3. The van der Waals surface area contributed by atoms with Crippen LogP contribution in [-0.4, -0.2) is 28.4 Å². The highest BCUT2D eigenvalue weighted by Crippen LogP contribution is 2.42. The van der Waals surface area contributed by atoms with Crippen molar-refractivity contribution in [2.75, 3.05) is 11.5 Å². The predicted octanol–water partition coefficient (Wildman–Crippen LogP) is 5.03. The molecule has 3 aromatic rings. The zero-order valence-corrected chi connectivity index (χ0v) is 19.1. The summed E-state index contributed by atoms with van der Waals surface area (Å²) in [7, 11) is 0. The first-order valence-electron chi connectivity index (χ1n) is 10.9. The number of carbonyl (C=O) groups excluding carboxylic acids is 2. The number of rotatable bonds is 5. The van der Waals surface area contributed by atoms with Crippen LogP contribution < -0.4 is 9.64 Å². The van der Waals surface area contributed by atoms with Crippen LogP contribution in [0.15, 0.2) is 66.4 Å². The van der Waals surface area contributed by atoms with E-state index < -0.39 is 17.7 Å². The smallest absolute Gasteiger partial charge is 0.300 e. The number of ether oxygens (including phenoxy) is 1. The molecule has 1 aromatic heterocycles. The summed E-state index contributed by atoms with van der Waals surface area (Å²) in [6, 6.07) is 15.2. The van der Waals surface area contributed by atoms with Gasteiger partial charge in [-0.05, 0) is 86.8 Å². The van der Waals surface area contributed by atoms with Crippen LogP contribution in [0.4, 0.5) is 5.69 Å². The van der Waals surface area contributed by atoms with Gasteiger partial charge in [0.05, 0.1) is 17.9 Å². The van der Waals surface area contributed by atoms with Gasteiger partial charge >= 0.3 is 0 Å². The third kappa shape index (κ3) is 4.00. The Morgan fingerprint density at radius 2 is 1.79 bits per heavy atom. The molecule has 1 aliphatic rings. The fraction of sp³-hybridized carbons (Fsp3) is 0.222. The molecule has 1 fully saturated rings. The van der Waals surface area contributed by atoms with E-state index in [0.717, 1.165) is 16.7 Å². The molecule has 1 amide bonds. The number of ketones is 1. The summed E-state index contributed by atoms with van der Waals surface area (Å²) < 4.78 is 5.58. The second kappa shape index (κ2) is 8.90. The largest absolute Gasteiger partial charge is 0.507 e. The lowest BCUT2D eigenvalue weighted by molar-refractivity contribution is -0.132. The second-order valence-electron chi connectivity index (χ2n) is 8.11. The number of amides is 1. The number of Topliss-reactive ketones (excluding diaryl/α,β-unsaturated/α-hetero) is 1. The first-order valence-corrected chi connectivity index (χ1v) is 10.9. The number of aryl methyl sites for hydroxylation is 3. The van der Waals surface area contributed by atoms with Gasteiger partial charge in [-0.15, -0.1) is 0 Å². The van der Waals surface area contributed by atoms with Gasteiger partial charge in [0.2, 0.25) is 0 Å². The Morgan fingerprint density at radius 3 is 2.42 bits per heavy atom. The molecule has 4 rings (SSSR count). The summed E-state index contributed by atoms with van der Waals surface area (Å²) in [5, 5.41) is 11.3. The Hall–Kier alpha value is -3.93. The van der Waals surface area contributed by atoms with Gasteiger partial charge in [0.15, 0.2) is 0 Å². The van der Waals surface area contributed by atoms with Gasteiger partial charge in [-0.1, -0.05) is 12.1 Å². The number of carbonyl (C=O) groups is 2. The fourth-order valence-electron chi connectivity index (χ4n) is 4.06. The summed E-state index contributed by atoms with van der Waals surface area (Å²) in [6.07, 6.45) is 1.61. The van der Waals surface area contributed by atoms with Crippen LogP contribution in [0.1, 0.15) is 40.9 Å². The van der Waals surface area contributed by atoms with E-state index in [1.807, 2.05) is 45.9 Å². The molecule has 168 valence electrons. The number of aliphatic hydroxyl groups is 1. The standard InChI is InChI=1S/C27H26N2O4/c1-5-33-22-12-10-19(14-18(22)4)25(30)23-24(21-8-6-7-13-28-21)29(27(32)26(23)31)20-11-9-16(2)17(3)15-20/h6-15,24,30H,5H2,1-4H3/b25-23+. The number of nitrogens with zero attached hydrogens (tertiary/aromatic N) is 2. The van der Waals surface area contributed by atoms with E-state index in [1.165, 1.54) is 4.90 Å². The van der Waals surface area contributed by atoms with Crippen molar-refractivity contribution in [3.63, 3.8) is 0 Å². The minimum atomic E-state index is -0.847. The van der Waals surface area contributed by atoms with Crippen LogP contribution >= 0.6 is 0 Å². The highest BCUT2D eigenvalue weighted by Gasteiger charge is 2.47. The predicted molar refractivity (Wildman–Crippen MR) is 127 cm³/mol. The van der Waals surface area contributed by atoms with Crippen molar-refractivity contribution in [3.8, 4) is 5.75 Å². The van der Waals surface area contributed by atoms with Crippen molar-refractivity contribution in [1.82, 2.24) is 4.98 Å². The van der Waals surface area contributed by atoms with Crippen molar-refractivity contribution in [2.45, 2.75) is 33.7 Å². The number of anilines is 1. The molecule has 1 unspecified atom stereocenters. The highest BCUT2D eigenvalue weighted by atomic mass is 16.5. The molecular weight excluding hydrogens is 416 g/mol. The first kappa shape index (κ1) is 22.3. The highest BCUT2D eigenvalue weighted by molar-refractivity contribution is 6.51. The molecule has 0 radical (unpaired) electrons. The van der Waals surface area contributed by atoms with Crippen molar-refractivity contribution < 1.29 is 19.4 Å². The summed E-state index contributed by atoms with van der Waals surface area (Å²) in [5.41, 5.74) is 4.43. The van der Waals surface area contributed by atoms with E-state index in [2.05, 4.69) is 4.98 Å².